The minimum atomic E-state index is -0.0394. The zero-order valence-corrected chi connectivity index (χ0v) is 11.9. The summed E-state index contributed by atoms with van der Waals surface area (Å²) in [6.07, 6.45) is 3.70. The molecule has 106 valence electrons. The van der Waals surface area contributed by atoms with Crippen LogP contribution >= 0.6 is 0 Å². The molecule has 2 amide bonds. The van der Waals surface area contributed by atoms with Crippen molar-refractivity contribution in [3.8, 4) is 5.69 Å². The van der Waals surface area contributed by atoms with Crippen LogP contribution in [-0.2, 0) is 6.54 Å². The summed E-state index contributed by atoms with van der Waals surface area (Å²) in [5, 5.41) is 7.20. The van der Waals surface area contributed by atoms with Crippen LogP contribution in [0.3, 0.4) is 0 Å². The largest absolute Gasteiger partial charge is 0.334 e. The van der Waals surface area contributed by atoms with Crippen molar-refractivity contribution >= 4 is 6.03 Å². The van der Waals surface area contributed by atoms with Crippen molar-refractivity contribution in [1.82, 2.24) is 20.0 Å². The van der Waals surface area contributed by atoms with Crippen LogP contribution in [0.1, 0.15) is 19.4 Å². The van der Waals surface area contributed by atoms with Gasteiger partial charge in [0.15, 0.2) is 0 Å². The van der Waals surface area contributed by atoms with E-state index in [1.165, 1.54) is 0 Å². The summed E-state index contributed by atoms with van der Waals surface area (Å²) in [6, 6.07) is 9.86. The van der Waals surface area contributed by atoms with Gasteiger partial charge in [-0.2, -0.15) is 5.10 Å². The fraction of sp³-hybridized carbons (Fsp3) is 0.333. The number of urea groups is 1. The minimum absolute atomic E-state index is 0.0394. The lowest BCUT2D eigenvalue weighted by Crippen LogP contribution is -2.39. The quantitative estimate of drug-likeness (QED) is 0.908. The normalized spacial score (nSPS) is 10.3. The van der Waals surface area contributed by atoms with Gasteiger partial charge in [0.1, 0.15) is 0 Å². The van der Waals surface area contributed by atoms with E-state index in [4.69, 9.17) is 0 Å². The lowest BCUT2D eigenvalue weighted by molar-refractivity contribution is 0.203. The van der Waals surface area contributed by atoms with Crippen molar-refractivity contribution in [2.45, 2.75) is 20.4 Å². The Labute approximate surface area is 119 Å². The average Bonchev–Trinajstić information content (AvgIpc) is 2.96. The third kappa shape index (κ3) is 3.38. The fourth-order valence-electron chi connectivity index (χ4n) is 1.97. The molecule has 1 N–H and O–H groups in total. The zero-order chi connectivity index (χ0) is 14.4. The molecule has 0 bridgehead atoms. The molecule has 0 fully saturated rings. The summed E-state index contributed by atoms with van der Waals surface area (Å²) in [5.41, 5.74) is 1.99. The molecule has 5 nitrogen and oxygen atoms in total. The monoisotopic (exact) mass is 272 g/mol. The Balaban J connectivity index is 1.95. The van der Waals surface area contributed by atoms with Gasteiger partial charge in [-0.25, -0.2) is 9.48 Å². The van der Waals surface area contributed by atoms with Crippen LogP contribution in [0.25, 0.3) is 5.69 Å². The van der Waals surface area contributed by atoms with Gasteiger partial charge in [0.2, 0.25) is 0 Å². The summed E-state index contributed by atoms with van der Waals surface area (Å²) in [7, 11) is 0. The van der Waals surface area contributed by atoms with Gasteiger partial charge in [0.05, 0.1) is 11.9 Å². The van der Waals surface area contributed by atoms with Crippen molar-refractivity contribution in [3.63, 3.8) is 0 Å². The summed E-state index contributed by atoms with van der Waals surface area (Å²) in [5.74, 6) is 0. The van der Waals surface area contributed by atoms with Crippen LogP contribution in [0.5, 0.6) is 0 Å². The predicted octanol–water partition coefficient (Wildman–Crippen LogP) is 2.42. The molecule has 0 atom stereocenters. The number of hydrogen-bond donors (Lipinski definition) is 1. The second kappa shape index (κ2) is 6.75. The molecule has 1 aromatic heterocycles. The molecule has 0 aliphatic rings. The van der Waals surface area contributed by atoms with E-state index in [9.17, 15) is 4.79 Å². The highest BCUT2D eigenvalue weighted by molar-refractivity contribution is 5.74. The summed E-state index contributed by atoms with van der Waals surface area (Å²) in [4.78, 5) is 13.6. The molecule has 0 saturated heterocycles. The van der Waals surface area contributed by atoms with Crippen molar-refractivity contribution < 1.29 is 4.79 Å². The van der Waals surface area contributed by atoms with Crippen molar-refractivity contribution in [3.05, 3.63) is 48.3 Å². The lowest BCUT2D eigenvalue weighted by Gasteiger charge is -2.18. The zero-order valence-electron chi connectivity index (χ0n) is 11.9. The Morgan fingerprint density at radius 2 is 1.95 bits per heavy atom. The van der Waals surface area contributed by atoms with Gasteiger partial charge >= 0.3 is 6.03 Å². The molecule has 20 heavy (non-hydrogen) atoms. The average molecular weight is 272 g/mol. The van der Waals surface area contributed by atoms with Gasteiger partial charge in [-0.05, 0) is 26.0 Å². The predicted molar refractivity (Wildman–Crippen MR) is 78.7 cm³/mol. The van der Waals surface area contributed by atoms with Crippen LogP contribution in [0.15, 0.2) is 42.7 Å². The molecule has 0 radical (unpaired) electrons. The molecular weight excluding hydrogens is 252 g/mol. The van der Waals surface area contributed by atoms with Gasteiger partial charge in [-0.1, -0.05) is 18.2 Å². The van der Waals surface area contributed by atoms with Gasteiger partial charge in [-0.3, -0.25) is 0 Å². The topological polar surface area (TPSA) is 50.2 Å². The van der Waals surface area contributed by atoms with E-state index in [2.05, 4.69) is 10.4 Å². The molecule has 1 heterocycles. The highest BCUT2D eigenvalue weighted by atomic mass is 16.2. The van der Waals surface area contributed by atoms with Gasteiger partial charge < -0.3 is 10.2 Å². The van der Waals surface area contributed by atoms with E-state index in [0.717, 1.165) is 11.3 Å². The van der Waals surface area contributed by atoms with Crippen molar-refractivity contribution in [2.24, 2.45) is 0 Å². The highest BCUT2D eigenvalue weighted by Gasteiger charge is 2.09. The first-order chi connectivity index (χ1) is 9.74. The van der Waals surface area contributed by atoms with E-state index in [1.54, 1.807) is 15.8 Å². The first kappa shape index (κ1) is 14.1. The first-order valence-corrected chi connectivity index (χ1v) is 6.86. The maximum atomic E-state index is 11.8. The number of hydrogen-bond acceptors (Lipinski definition) is 2. The third-order valence-electron chi connectivity index (χ3n) is 3.15. The van der Waals surface area contributed by atoms with E-state index < -0.39 is 0 Å². The number of amides is 2. The molecule has 0 aliphatic heterocycles. The Morgan fingerprint density at radius 3 is 2.60 bits per heavy atom. The molecule has 2 aromatic rings. The Kier molecular flexibility index (Phi) is 4.76. The number of carbonyl (C=O) groups excluding carboxylic acids is 1. The number of nitrogens with zero attached hydrogens (tertiary/aromatic N) is 3. The van der Waals surface area contributed by atoms with E-state index in [0.29, 0.717) is 19.6 Å². The van der Waals surface area contributed by atoms with Gasteiger partial charge in [0.25, 0.3) is 0 Å². The molecule has 0 saturated carbocycles. The maximum absolute atomic E-state index is 11.8. The molecule has 0 unspecified atom stereocenters. The molecule has 5 heteroatoms. The fourth-order valence-corrected chi connectivity index (χ4v) is 1.97. The van der Waals surface area contributed by atoms with Crippen LogP contribution in [-0.4, -0.2) is 33.8 Å². The van der Waals surface area contributed by atoms with Crippen LogP contribution in [0, 0.1) is 0 Å². The first-order valence-electron chi connectivity index (χ1n) is 6.86. The van der Waals surface area contributed by atoms with Crippen LogP contribution in [0.4, 0.5) is 4.79 Å². The maximum Gasteiger partial charge on any atom is 0.317 e. The number of carbonyl (C=O) groups is 1. The van der Waals surface area contributed by atoms with E-state index in [1.807, 2.05) is 50.4 Å². The minimum Gasteiger partial charge on any atom is -0.334 e. The number of rotatable bonds is 5. The molecular formula is C15H20N4O. The van der Waals surface area contributed by atoms with Gasteiger partial charge in [-0.15, -0.1) is 0 Å². The number of para-hydroxylation sites is 1. The molecule has 0 aliphatic carbocycles. The lowest BCUT2D eigenvalue weighted by atomic mass is 10.3. The van der Waals surface area contributed by atoms with E-state index in [-0.39, 0.29) is 6.03 Å². The number of nitrogens with one attached hydrogen (secondary N) is 1. The smallest absolute Gasteiger partial charge is 0.317 e. The van der Waals surface area contributed by atoms with Crippen molar-refractivity contribution in [2.75, 3.05) is 13.1 Å². The Bertz CT molecular complexity index is 546. The standard InChI is InChI=1S/C15H20N4O/c1-3-18(4-2)15(20)16-10-13-11-17-19(12-13)14-8-6-5-7-9-14/h5-9,11-12H,3-4,10H2,1-2H3,(H,16,20). The summed E-state index contributed by atoms with van der Waals surface area (Å²) in [6.45, 7) is 5.85. The van der Waals surface area contributed by atoms with Crippen LogP contribution in [0.2, 0.25) is 0 Å². The van der Waals surface area contributed by atoms with Gasteiger partial charge in [0, 0.05) is 31.4 Å². The molecule has 0 spiro atoms. The SMILES string of the molecule is CCN(CC)C(=O)NCc1cnn(-c2ccccc2)c1. The summed E-state index contributed by atoms with van der Waals surface area (Å²) < 4.78 is 1.80. The molecule has 1 aromatic carbocycles. The second-order valence-electron chi connectivity index (χ2n) is 4.46. The van der Waals surface area contributed by atoms with Crippen LogP contribution < -0.4 is 5.32 Å². The highest BCUT2D eigenvalue weighted by Crippen LogP contribution is 2.07. The Hall–Kier alpha value is -2.30. The number of benzene rings is 1. The summed E-state index contributed by atoms with van der Waals surface area (Å²) >= 11 is 0. The van der Waals surface area contributed by atoms with Crippen molar-refractivity contribution in [1.29, 1.82) is 0 Å². The number of aromatic nitrogens is 2. The third-order valence-corrected chi connectivity index (χ3v) is 3.15. The molecule has 2 rings (SSSR count). The second-order valence-corrected chi connectivity index (χ2v) is 4.46. The van der Waals surface area contributed by atoms with E-state index >= 15 is 0 Å². The Morgan fingerprint density at radius 1 is 1.25 bits per heavy atom.